The highest BCUT2D eigenvalue weighted by Gasteiger charge is 2.26. The molecule has 2 N–H and O–H groups in total. The number of rotatable bonds is 13. The third-order valence-corrected chi connectivity index (χ3v) is 5.78. The zero-order valence-corrected chi connectivity index (χ0v) is 18.8. The minimum atomic E-state index is -0.369. The summed E-state index contributed by atoms with van der Waals surface area (Å²) in [6.45, 7) is 14.3. The normalized spacial score (nSPS) is 12.1. The smallest absolute Gasteiger partial charge is 0.251 e. The van der Waals surface area contributed by atoms with E-state index < -0.39 is 0 Å². The maximum atomic E-state index is 12.5. The molecule has 1 rings (SSSR count). The number of ketones is 1. The fourth-order valence-corrected chi connectivity index (χ4v) is 2.78. The number of Topliss-reactive ketones (excluding diaryl/α,β-unsaturated/α-hetero) is 1. The molecule has 1 aromatic carbocycles. The van der Waals surface area contributed by atoms with Gasteiger partial charge in [-0.05, 0) is 58.2 Å². The first-order valence-corrected chi connectivity index (χ1v) is 10.8. The Morgan fingerprint density at radius 3 is 1.86 bits per heavy atom. The molecule has 28 heavy (non-hydrogen) atoms. The van der Waals surface area contributed by atoms with Gasteiger partial charge in [-0.15, -0.1) is 0 Å². The summed E-state index contributed by atoms with van der Waals surface area (Å²) < 4.78 is 0. The lowest BCUT2D eigenvalue weighted by molar-refractivity contribution is 0.0832. The first-order chi connectivity index (χ1) is 13.1. The molecule has 0 bridgehead atoms. The largest absolute Gasteiger partial charge is 0.352 e. The van der Waals surface area contributed by atoms with Crippen LogP contribution in [0.3, 0.4) is 0 Å². The van der Waals surface area contributed by atoms with Gasteiger partial charge in [0, 0.05) is 28.6 Å². The van der Waals surface area contributed by atoms with Crippen molar-refractivity contribution < 1.29 is 9.59 Å². The summed E-state index contributed by atoms with van der Waals surface area (Å²) >= 11 is 0. The molecular weight excluding hydrogens is 348 g/mol. The summed E-state index contributed by atoms with van der Waals surface area (Å²) in [7, 11) is 0. The average molecular weight is 389 g/mol. The van der Waals surface area contributed by atoms with Gasteiger partial charge in [0.1, 0.15) is 0 Å². The molecule has 0 spiro atoms. The highest BCUT2D eigenvalue weighted by atomic mass is 16.1. The number of hydrogen-bond acceptors (Lipinski definition) is 3. The Hall–Kier alpha value is -1.68. The van der Waals surface area contributed by atoms with Crippen molar-refractivity contribution in [1.82, 2.24) is 10.6 Å². The van der Waals surface area contributed by atoms with E-state index in [0.717, 1.165) is 32.2 Å². The molecule has 0 radical (unpaired) electrons. The number of hydrogen-bond donors (Lipinski definition) is 2. The monoisotopic (exact) mass is 388 g/mol. The fraction of sp³-hybridized carbons (Fsp3) is 0.667. The molecule has 0 aliphatic heterocycles. The van der Waals surface area contributed by atoms with Crippen molar-refractivity contribution in [2.75, 3.05) is 13.1 Å². The third-order valence-electron chi connectivity index (χ3n) is 5.78. The van der Waals surface area contributed by atoms with Crippen molar-refractivity contribution >= 4 is 11.7 Å². The van der Waals surface area contributed by atoms with Gasteiger partial charge >= 0.3 is 0 Å². The Morgan fingerprint density at radius 2 is 1.32 bits per heavy atom. The molecule has 0 atom stereocenters. The molecule has 0 saturated carbocycles. The lowest BCUT2D eigenvalue weighted by Gasteiger charge is -2.24. The quantitative estimate of drug-likeness (QED) is 0.352. The summed E-state index contributed by atoms with van der Waals surface area (Å²) in [4.78, 5) is 24.7. The molecule has 1 aromatic rings. The first kappa shape index (κ1) is 24.4. The van der Waals surface area contributed by atoms with E-state index in [1.54, 1.807) is 24.3 Å². The van der Waals surface area contributed by atoms with Crippen LogP contribution in [0.25, 0.3) is 0 Å². The van der Waals surface area contributed by atoms with Gasteiger partial charge < -0.3 is 10.6 Å². The zero-order valence-electron chi connectivity index (χ0n) is 18.8. The third kappa shape index (κ3) is 8.14. The maximum Gasteiger partial charge on any atom is 0.251 e. The van der Waals surface area contributed by atoms with Gasteiger partial charge in [-0.25, -0.2) is 0 Å². The van der Waals surface area contributed by atoms with E-state index in [4.69, 9.17) is 0 Å². The van der Waals surface area contributed by atoms with E-state index in [2.05, 4.69) is 31.4 Å². The lowest BCUT2D eigenvalue weighted by atomic mass is 9.82. The predicted molar refractivity (Wildman–Crippen MR) is 118 cm³/mol. The first-order valence-electron chi connectivity index (χ1n) is 10.8. The molecule has 0 aromatic heterocycles. The van der Waals surface area contributed by atoms with Crippen LogP contribution in [-0.4, -0.2) is 30.3 Å². The minimum Gasteiger partial charge on any atom is -0.352 e. The summed E-state index contributed by atoms with van der Waals surface area (Å²) in [6, 6.07) is 7.02. The Kier molecular flexibility index (Phi) is 9.88. The highest BCUT2D eigenvalue weighted by molar-refractivity contribution is 6.01. The highest BCUT2D eigenvalue weighted by Crippen LogP contribution is 2.25. The van der Waals surface area contributed by atoms with Crippen LogP contribution >= 0.6 is 0 Å². The SMILES string of the molecule is CCC(C)(C)NCCCCCCNC(=O)c1ccc(C(=O)C(C)(C)CC)cc1. The summed E-state index contributed by atoms with van der Waals surface area (Å²) in [6.07, 6.45) is 6.37. The van der Waals surface area contributed by atoms with Gasteiger partial charge in [-0.3, -0.25) is 9.59 Å². The van der Waals surface area contributed by atoms with Crippen molar-refractivity contribution in [3.63, 3.8) is 0 Å². The number of carbonyl (C=O) groups excluding carboxylic acids is 2. The number of nitrogens with one attached hydrogen (secondary N) is 2. The molecule has 1 amide bonds. The second-order valence-corrected chi connectivity index (χ2v) is 8.98. The Labute approximate surface area is 171 Å². The van der Waals surface area contributed by atoms with Crippen LogP contribution in [0.4, 0.5) is 0 Å². The second-order valence-electron chi connectivity index (χ2n) is 8.98. The molecular formula is C24H40N2O2. The van der Waals surface area contributed by atoms with Crippen molar-refractivity contribution in [2.45, 2.75) is 85.6 Å². The number of amides is 1. The Balaban J connectivity index is 2.28. The molecule has 0 unspecified atom stereocenters. The Bertz CT molecular complexity index is 618. The molecule has 4 heteroatoms. The van der Waals surface area contributed by atoms with Crippen LogP contribution in [0.15, 0.2) is 24.3 Å². The van der Waals surface area contributed by atoms with Crippen molar-refractivity contribution in [3.05, 3.63) is 35.4 Å². The second kappa shape index (κ2) is 11.4. The number of unbranched alkanes of at least 4 members (excludes halogenated alkanes) is 3. The minimum absolute atomic E-state index is 0.0693. The molecule has 0 saturated heterocycles. The van der Waals surface area contributed by atoms with E-state index in [1.807, 2.05) is 20.8 Å². The van der Waals surface area contributed by atoms with Gasteiger partial charge in [0.25, 0.3) is 5.91 Å². The van der Waals surface area contributed by atoms with Gasteiger partial charge in [-0.2, -0.15) is 0 Å². The van der Waals surface area contributed by atoms with Crippen LogP contribution in [0, 0.1) is 5.41 Å². The summed E-state index contributed by atoms with van der Waals surface area (Å²) in [5.74, 6) is 0.0545. The average Bonchev–Trinajstić information content (AvgIpc) is 2.69. The molecule has 4 nitrogen and oxygen atoms in total. The van der Waals surface area contributed by atoms with E-state index in [-0.39, 0.29) is 22.6 Å². The molecule has 0 heterocycles. The van der Waals surface area contributed by atoms with Crippen molar-refractivity contribution in [2.24, 2.45) is 5.41 Å². The molecule has 158 valence electrons. The van der Waals surface area contributed by atoms with Crippen LogP contribution in [-0.2, 0) is 0 Å². The molecule has 0 aliphatic carbocycles. The van der Waals surface area contributed by atoms with Crippen LogP contribution in [0.5, 0.6) is 0 Å². The van der Waals surface area contributed by atoms with Gasteiger partial charge in [0.2, 0.25) is 0 Å². The summed E-state index contributed by atoms with van der Waals surface area (Å²) in [5.41, 5.74) is 1.13. The van der Waals surface area contributed by atoms with Crippen LogP contribution in [0.1, 0.15) is 101 Å². The molecule has 0 aliphatic rings. The zero-order chi connectivity index (χ0) is 21.2. The number of carbonyl (C=O) groups is 2. The van der Waals surface area contributed by atoms with E-state index in [9.17, 15) is 9.59 Å². The van der Waals surface area contributed by atoms with E-state index >= 15 is 0 Å². The molecule has 0 fully saturated rings. The maximum absolute atomic E-state index is 12.5. The van der Waals surface area contributed by atoms with E-state index in [0.29, 0.717) is 17.7 Å². The van der Waals surface area contributed by atoms with Crippen molar-refractivity contribution in [1.29, 1.82) is 0 Å². The van der Waals surface area contributed by atoms with E-state index in [1.165, 1.54) is 12.8 Å². The standard InChI is InChI=1S/C24H40N2O2/c1-7-23(3,4)21(27)19-13-15-20(16-14-19)22(28)25-17-11-9-10-12-18-26-24(5,6)8-2/h13-16,26H,7-12,17-18H2,1-6H3,(H,25,28). The van der Waals surface area contributed by atoms with Gasteiger partial charge in [0.05, 0.1) is 0 Å². The Morgan fingerprint density at radius 1 is 0.786 bits per heavy atom. The van der Waals surface area contributed by atoms with Gasteiger partial charge in [-0.1, -0.05) is 52.7 Å². The fourth-order valence-electron chi connectivity index (χ4n) is 2.78. The number of benzene rings is 1. The lowest BCUT2D eigenvalue weighted by Crippen LogP contribution is -2.38. The van der Waals surface area contributed by atoms with Crippen molar-refractivity contribution in [3.8, 4) is 0 Å². The van der Waals surface area contributed by atoms with Gasteiger partial charge in [0.15, 0.2) is 5.78 Å². The summed E-state index contributed by atoms with van der Waals surface area (Å²) in [5, 5.41) is 6.54. The van der Waals surface area contributed by atoms with Crippen LogP contribution in [0.2, 0.25) is 0 Å². The van der Waals surface area contributed by atoms with Crippen LogP contribution < -0.4 is 10.6 Å². The predicted octanol–water partition coefficient (Wildman–Crippen LogP) is 5.37. The topological polar surface area (TPSA) is 58.2 Å².